The van der Waals surface area contributed by atoms with Gasteiger partial charge < -0.3 is 4.74 Å². The summed E-state index contributed by atoms with van der Waals surface area (Å²) in [7, 11) is 0. The number of hydrogen-bond acceptors (Lipinski definition) is 2. The van der Waals surface area contributed by atoms with Crippen molar-refractivity contribution in [2.45, 2.75) is 18.7 Å². The fraction of sp³-hybridized carbons (Fsp3) is 0.364. The van der Waals surface area contributed by atoms with Gasteiger partial charge in [0.1, 0.15) is 11.6 Å². The van der Waals surface area contributed by atoms with Crippen LogP contribution in [0.4, 0.5) is 4.39 Å². The molecule has 1 aromatic rings. The maximum absolute atomic E-state index is 13.5. The number of carbonyl (C=O) groups excluding carboxylic acids is 1. The first-order valence-corrected chi connectivity index (χ1v) is 5.58. The Bertz CT molecular complexity index is 364. The summed E-state index contributed by atoms with van der Waals surface area (Å²) < 4.78 is 18.6. The molecule has 0 radical (unpaired) electrons. The minimum absolute atomic E-state index is 0.0860. The summed E-state index contributed by atoms with van der Waals surface area (Å²) in [4.78, 5) is 11.1. The highest BCUT2D eigenvalue weighted by Gasteiger charge is 2.16. The van der Waals surface area contributed by atoms with Crippen molar-refractivity contribution in [1.29, 1.82) is 0 Å². The number of ether oxygens (including phenoxy) is 1. The van der Waals surface area contributed by atoms with Gasteiger partial charge in [0.05, 0.1) is 17.0 Å². The second kappa shape index (κ2) is 5.26. The van der Waals surface area contributed by atoms with Crippen LogP contribution in [0.25, 0.3) is 0 Å². The van der Waals surface area contributed by atoms with E-state index in [0.717, 1.165) is 0 Å². The van der Waals surface area contributed by atoms with Gasteiger partial charge in [0.2, 0.25) is 0 Å². The van der Waals surface area contributed by atoms with Crippen molar-refractivity contribution >= 4 is 21.7 Å². The van der Waals surface area contributed by atoms with E-state index >= 15 is 0 Å². The van der Waals surface area contributed by atoms with Crippen molar-refractivity contribution in [3.05, 3.63) is 29.6 Å². The Morgan fingerprint density at radius 1 is 1.60 bits per heavy atom. The van der Waals surface area contributed by atoms with E-state index in [-0.39, 0.29) is 16.2 Å². The second-order valence-electron chi connectivity index (χ2n) is 3.05. The molecule has 0 aromatic heterocycles. The van der Waals surface area contributed by atoms with Crippen LogP contribution in [0.5, 0.6) is 5.75 Å². The fourth-order valence-electron chi connectivity index (χ4n) is 1.17. The summed E-state index contributed by atoms with van der Waals surface area (Å²) in [5.41, 5.74) is 0.0860. The van der Waals surface area contributed by atoms with Crippen LogP contribution in [-0.2, 0) is 0 Å². The molecule has 1 unspecified atom stereocenters. The van der Waals surface area contributed by atoms with Gasteiger partial charge in [-0.2, -0.15) is 0 Å². The molecule has 1 atom stereocenters. The Balaban J connectivity index is 2.97. The molecule has 0 fully saturated rings. The van der Waals surface area contributed by atoms with E-state index in [4.69, 9.17) is 4.74 Å². The third-order valence-electron chi connectivity index (χ3n) is 1.88. The van der Waals surface area contributed by atoms with Crippen LogP contribution in [0, 0.1) is 5.82 Å². The highest BCUT2D eigenvalue weighted by Crippen LogP contribution is 2.19. The zero-order chi connectivity index (χ0) is 11.4. The van der Waals surface area contributed by atoms with E-state index in [9.17, 15) is 9.18 Å². The maximum Gasteiger partial charge on any atom is 0.179 e. The van der Waals surface area contributed by atoms with Crippen LogP contribution in [0.15, 0.2) is 18.2 Å². The van der Waals surface area contributed by atoms with Gasteiger partial charge >= 0.3 is 0 Å². The van der Waals surface area contributed by atoms with Gasteiger partial charge in [-0.1, -0.05) is 15.9 Å². The van der Waals surface area contributed by atoms with Gasteiger partial charge in [-0.05, 0) is 26.0 Å². The molecule has 0 spiro atoms. The van der Waals surface area contributed by atoms with Gasteiger partial charge in [-0.3, -0.25) is 4.79 Å². The van der Waals surface area contributed by atoms with E-state index in [1.165, 1.54) is 12.1 Å². The third-order valence-corrected chi connectivity index (χ3v) is 2.29. The summed E-state index contributed by atoms with van der Waals surface area (Å²) in [6, 6.07) is 4.27. The van der Waals surface area contributed by atoms with Crippen LogP contribution >= 0.6 is 15.9 Å². The molecule has 0 bridgehead atoms. The molecule has 2 nitrogen and oxygen atoms in total. The van der Waals surface area contributed by atoms with Crippen LogP contribution in [0.1, 0.15) is 24.2 Å². The summed E-state index contributed by atoms with van der Waals surface area (Å²) >= 11 is 3.11. The molecular weight excluding hydrogens is 263 g/mol. The quantitative estimate of drug-likeness (QED) is 0.623. The minimum atomic E-state index is -0.544. The minimum Gasteiger partial charge on any atom is -0.494 e. The molecule has 0 aliphatic rings. The number of rotatable bonds is 4. The van der Waals surface area contributed by atoms with Gasteiger partial charge in [-0.25, -0.2) is 4.39 Å². The van der Waals surface area contributed by atoms with Crippen LogP contribution in [0.2, 0.25) is 0 Å². The third kappa shape index (κ3) is 3.02. The lowest BCUT2D eigenvalue weighted by atomic mass is 10.1. The van der Waals surface area contributed by atoms with Crippen LogP contribution in [-0.4, -0.2) is 17.2 Å². The maximum atomic E-state index is 13.5. The Kier molecular flexibility index (Phi) is 4.27. The molecule has 82 valence electrons. The molecule has 0 aliphatic carbocycles. The fourth-order valence-corrected chi connectivity index (χ4v) is 1.41. The zero-order valence-electron chi connectivity index (χ0n) is 8.59. The highest BCUT2D eigenvalue weighted by atomic mass is 79.9. The number of Topliss-reactive ketones (excluding diaryl/α,β-unsaturated/α-hetero) is 1. The standard InChI is InChI=1S/C11H12BrFO2/c1-3-15-8-4-5-9(10(13)6-8)11(14)7(2)12/h4-7H,3H2,1-2H3. The van der Waals surface area contributed by atoms with Crippen molar-refractivity contribution in [2.75, 3.05) is 6.61 Å². The largest absolute Gasteiger partial charge is 0.494 e. The molecular formula is C11H12BrFO2. The molecule has 1 rings (SSSR count). The molecule has 4 heteroatoms. The van der Waals surface area contributed by atoms with E-state index in [2.05, 4.69) is 15.9 Å². The average Bonchev–Trinajstić information content (AvgIpc) is 2.17. The zero-order valence-corrected chi connectivity index (χ0v) is 10.2. The number of benzene rings is 1. The number of carbonyl (C=O) groups is 1. The van der Waals surface area contributed by atoms with Crippen molar-refractivity contribution in [2.24, 2.45) is 0 Å². The van der Waals surface area contributed by atoms with Crippen molar-refractivity contribution in [3.63, 3.8) is 0 Å². The first kappa shape index (κ1) is 12.2. The molecule has 0 N–H and O–H groups in total. The lowest BCUT2D eigenvalue weighted by Crippen LogP contribution is -2.12. The lowest BCUT2D eigenvalue weighted by molar-refractivity contribution is 0.0992. The number of alkyl halides is 1. The number of ketones is 1. The number of hydrogen-bond donors (Lipinski definition) is 0. The average molecular weight is 275 g/mol. The van der Waals surface area contributed by atoms with Gasteiger partial charge in [0.15, 0.2) is 5.78 Å². The lowest BCUT2D eigenvalue weighted by Gasteiger charge is -2.07. The normalized spacial score (nSPS) is 12.3. The number of halogens is 2. The SMILES string of the molecule is CCOc1ccc(C(=O)C(C)Br)c(F)c1. The molecule has 0 heterocycles. The topological polar surface area (TPSA) is 26.3 Å². The smallest absolute Gasteiger partial charge is 0.179 e. The van der Waals surface area contributed by atoms with E-state index in [0.29, 0.717) is 12.4 Å². The van der Waals surface area contributed by atoms with E-state index < -0.39 is 5.82 Å². The van der Waals surface area contributed by atoms with Crippen LogP contribution < -0.4 is 4.74 Å². The Morgan fingerprint density at radius 2 is 2.27 bits per heavy atom. The first-order chi connectivity index (χ1) is 7.06. The van der Waals surface area contributed by atoms with E-state index in [1.54, 1.807) is 13.0 Å². The Morgan fingerprint density at radius 3 is 2.73 bits per heavy atom. The first-order valence-electron chi connectivity index (χ1n) is 4.67. The van der Waals surface area contributed by atoms with E-state index in [1.807, 2.05) is 6.92 Å². The molecule has 0 aliphatic heterocycles. The van der Waals surface area contributed by atoms with Crippen LogP contribution in [0.3, 0.4) is 0 Å². The predicted molar refractivity (Wildman–Crippen MR) is 60.3 cm³/mol. The Labute approximate surface area is 96.6 Å². The summed E-state index contributed by atoms with van der Waals surface area (Å²) in [5, 5.41) is 0. The molecule has 0 saturated heterocycles. The molecule has 15 heavy (non-hydrogen) atoms. The monoisotopic (exact) mass is 274 g/mol. The molecule has 1 aromatic carbocycles. The van der Waals surface area contributed by atoms with Crippen molar-refractivity contribution in [1.82, 2.24) is 0 Å². The van der Waals surface area contributed by atoms with Crippen molar-refractivity contribution < 1.29 is 13.9 Å². The summed E-state index contributed by atoms with van der Waals surface area (Å²) in [6.07, 6.45) is 0. The van der Waals surface area contributed by atoms with Gasteiger partial charge in [0.25, 0.3) is 0 Å². The second-order valence-corrected chi connectivity index (χ2v) is 4.43. The highest BCUT2D eigenvalue weighted by molar-refractivity contribution is 9.10. The predicted octanol–water partition coefficient (Wildman–Crippen LogP) is 3.19. The molecule has 0 amide bonds. The van der Waals surface area contributed by atoms with Crippen molar-refractivity contribution in [3.8, 4) is 5.75 Å². The molecule has 0 saturated carbocycles. The Hall–Kier alpha value is -0.900. The summed E-state index contributed by atoms with van der Waals surface area (Å²) in [5.74, 6) is -0.374. The summed E-state index contributed by atoms with van der Waals surface area (Å²) in [6.45, 7) is 3.96. The van der Waals surface area contributed by atoms with Gasteiger partial charge in [-0.15, -0.1) is 0 Å². The van der Waals surface area contributed by atoms with Gasteiger partial charge in [0, 0.05) is 6.07 Å².